The van der Waals surface area contributed by atoms with Gasteiger partial charge < -0.3 is 15.5 Å². The van der Waals surface area contributed by atoms with Crippen LogP contribution < -0.4 is 10.6 Å². The molecule has 0 radical (unpaired) electrons. The van der Waals surface area contributed by atoms with Crippen molar-refractivity contribution in [3.05, 3.63) is 41.4 Å². The van der Waals surface area contributed by atoms with Gasteiger partial charge in [-0.15, -0.1) is 0 Å². The zero-order valence-corrected chi connectivity index (χ0v) is 18.8. The van der Waals surface area contributed by atoms with Gasteiger partial charge >= 0.3 is 0 Å². The lowest BCUT2D eigenvalue weighted by Crippen LogP contribution is -2.20. The fraction of sp³-hybridized carbons (Fsp3) is 0.391. The molecule has 0 atom stereocenters. The number of fused-ring (bicyclic) bond motifs is 1. The molecule has 2 aliphatic rings. The van der Waals surface area contributed by atoms with E-state index < -0.39 is 0 Å². The van der Waals surface area contributed by atoms with Crippen LogP contribution in [-0.2, 0) is 11.2 Å². The number of carbonyl (C=O) groups is 1. The van der Waals surface area contributed by atoms with E-state index in [1.54, 1.807) is 29.7 Å². The highest BCUT2D eigenvalue weighted by Crippen LogP contribution is 2.37. The number of carbonyl (C=O) groups excluding carboxylic acids is 1. The first-order chi connectivity index (χ1) is 15.5. The quantitative estimate of drug-likeness (QED) is 0.424. The third-order valence-electron chi connectivity index (χ3n) is 4.82. The number of amides is 1. The van der Waals surface area contributed by atoms with Crippen LogP contribution in [-0.4, -0.2) is 47.0 Å². The van der Waals surface area contributed by atoms with Crippen molar-refractivity contribution in [1.82, 2.24) is 20.4 Å². The van der Waals surface area contributed by atoms with Crippen molar-refractivity contribution >= 4 is 41.6 Å². The smallest absolute Gasteiger partial charge is 0.212 e. The first-order valence-electron chi connectivity index (χ1n) is 10.8. The van der Waals surface area contributed by atoms with Gasteiger partial charge in [0.2, 0.25) is 6.41 Å². The van der Waals surface area contributed by atoms with E-state index in [1.165, 1.54) is 19.3 Å². The molecule has 2 aromatic rings. The van der Waals surface area contributed by atoms with Crippen LogP contribution in [0.25, 0.3) is 16.6 Å². The van der Waals surface area contributed by atoms with E-state index in [0.717, 1.165) is 5.39 Å². The van der Waals surface area contributed by atoms with Crippen molar-refractivity contribution in [2.24, 2.45) is 9.98 Å². The van der Waals surface area contributed by atoms with Gasteiger partial charge in [0.1, 0.15) is 5.82 Å². The maximum absolute atomic E-state index is 15.4. The normalized spacial score (nSPS) is 15.2. The number of aromatic nitrogens is 2. The number of hydrogen-bond acceptors (Lipinski definition) is 6. The van der Waals surface area contributed by atoms with E-state index in [1.807, 2.05) is 20.8 Å². The Kier molecular flexibility index (Phi) is 7.75. The number of halogens is 1. The van der Waals surface area contributed by atoms with Crippen LogP contribution in [0.15, 0.2) is 34.4 Å². The van der Waals surface area contributed by atoms with Crippen LogP contribution in [0.5, 0.6) is 0 Å². The molecule has 8 nitrogen and oxygen atoms in total. The molecule has 0 spiro atoms. The predicted molar refractivity (Wildman–Crippen MR) is 128 cm³/mol. The summed E-state index contributed by atoms with van der Waals surface area (Å²) in [6.45, 7) is 9.74. The van der Waals surface area contributed by atoms with E-state index in [2.05, 4.69) is 37.5 Å². The van der Waals surface area contributed by atoms with Gasteiger partial charge in [-0.1, -0.05) is 26.2 Å². The van der Waals surface area contributed by atoms with Gasteiger partial charge in [0.05, 0.1) is 29.6 Å². The Labute approximate surface area is 187 Å². The number of aromatic amines is 1. The summed E-state index contributed by atoms with van der Waals surface area (Å²) in [6, 6.07) is 0.0641. The molecule has 0 unspecified atom stereocenters. The molecule has 1 aromatic carbocycles. The summed E-state index contributed by atoms with van der Waals surface area (Å²) < 4.78 is 15.4. The first kappa shape index (κ1) is 23.2. The molecule has 3 N–H and O–H groups in total. The molecule has 32 heavy (non-hydrogen) atoms. The van der Waals surface area contributed by atoms with E-state index in [9.17, 15) is 4.79 Å². The van der Waals surface area contributed by atoms with Crippen molar-refractivity contribution < 1.29 is 9.18 Å². The molecule has 1 aromatic heterocycles. The van der Waals surface area contributed by atoms with Gasteiger partial charge in [-0.25, -0.2) is 9.38 Å². The second-order valence-electron chi connectivity index (χ2n) is 7.87. The fourth-order valence-electron chi connectivity index (χ4n) is 3.28. The third-order valence-corrected chi connectivity index (χ3v) is 4.82. The average molecular weight is 440 g/mol. The number of nitrogens with zero attached hydrogens (tertiary/aromatic N) is 4. The maximum Gasteiger partial charge on any atom is 0.212 e. The average Bonchev–Trinajstić information content (AvgIpc) is 3.59. The van der Waals surface area contributed by atoms with Crippen molar-refractivity contribution in [3.63, 3.8) is 0 Å². The molecule has 1 saturated carbocycles. The van der Waals surface area contributed by atoms with Crippen molar-refractivity contribution in [2.75, 3.05) is 11.9 Å². The number of nitrogens with one attached hydrogen (secondary N) is 3. The highest BCUT2D eigenvalue weighted by Gasteiger charge is 2.23. The van der Waals surface area contributed by atoms with Gasteiger partial charge in [0.15, 0.2) is 5.82 Å². The largest absolute Gasteiger partial charge is 0.379 e. The number of anilines is 1. The Bertz CT molecular complexity index is 1060. The molecule has 1 fully saturated rings. The van der Waals surface area contributed by atoms with Crippen LogP contribution in [0.3, 0.4) is 0 Å². The van der Waals surface area contributed by atoms with Crippen molar-refractivity contribution in [2.45, 2.75) is 52.5 Å². The van der Waals surface area contributed by atoms with Crippen LogP contribution in [0.4, 0.5) is 10.1 Å². The Balaban J connectivity index is 0.000000887. The molecule has 0 saturated heterocycles. The molecule has 2 heterocycles. The van der Waals surface area contributed by atoms with E-state index >= 15 is 4.39 Å². The van der Waals surface area contributed by atoms with Crippen LogP contribution in [0.1, 0.15) is 51.2 Å². The van der Waals surface area contributed by atoms with Gasteiger partial charge in [0, 0.05) is 35.6 Å². The molecule has 1 aliphatic carbocycles. The highest BCUT2D eigenvalue weighted by molar-refractivity contribution is 6.01. The van der Waals surface area contributed by atoms with Crippen LogP contribution in [0.2, 0.25) is 0 Å². The van der Waals surface area contributed by atoms with Gasteiger partial charge in [-0.3, -0.25) is 14.9 Å². The minimum absolute atomic E-state index is 0.0641. The Hall–Kier alpha value is -3.49. The first-order valence-corrected chi connectivity index (χ1v) is 10.8. The molecular weight excluding hydrogens is 409 g/mol. The fourth-order valence-corrected chi connectivity index (χ4v) is 3.28. The lowest BCUT2D eigenvalue weighted by molar-refractivity contribution is -0.108. The summed E-state index contributed by atoms with van der Waals surface area (Å²) in [5, 5.41) is 13.5. The van der Waals surface area contributed by atoms with E-state index in [4.69, 9.17) is 0 Å². The maximum atomic E-state index is 15.4. The zero-order valence-electron chi connectivity index (χ0n) is 18.8. The standard InChI is InChI=1S/C20H24FN7O.C3H6/c1-5-13-17(14-8-25-27-19(14)20(18(13)21)26-12(2)3)15-9-28(7-6-23-15)10-16(22-4)24-11-29;1-2-3-1/h6,8-12,26H,4-5,7H2,1-3H3,(H,24,29)(H,25,27);1-3H2/b16-10+;. The van der Waals surface area contributed by atoms with Gasteiger partial charge in [0.25, 0.3) is 0 Å². The minimum Gasteiger partial charge on any atom is -0.379 e. The second kappa shape index (κ2) is 10.7. The summed E-state index contributed by atoms with van der Waals surface area (Å²) in [6.07, 6.45) is 12.3. The van der Waals surface area contributed by atoms with Crippen LogP contribution in [0, 0.1) is 5.82 Å². The number of rotatable bonds is 8. The minimum atomic E-state index is -0.312. The monoisotopic (exact) mass is 439 g/mol. The van der Waals surface area contributed by atoms with Crippen molar-refractivity contribution in [1.29, 1.82) is 0 Å². The predicted octanol–water partition coefficient (Wildman–Crippen LogP) is 4.19. The lowest BCUT2D eigenvalue weighted by Gasteiger charge is -2.22. The Morgan fingerprint density at radius 2 is 2.16 bits per heavy atom. The number of hydrogen-bond donors (Lipinski definition) is 3. The van der Waals surface area contributed by atoms with E-state index in [0.29, 0.717) is 53.2 Å². The number of aliphatic imine (C=N–C) groups is 2. The summed E-state index contributed by atoms with van der Waals surface area (Å²) >= 11 is 0. The Morgan fingerprint density at radius 3 is 2.75 bits per heavy atom. The summed E-state index contributed by atoms with van der Waals surface area (Å²) in [5.41, 5.74) is 2.86. The molecule has 0 bridgehead atoms. The zero-order chi connectivity index (χ0) is 23.1. The second-order valence-corrected chi connectivity index (χ2v) is 7.87. The van der Waals surface area contributed by atoms with Gasteiger partial charge in [-0.05, 0) is 32.5 Å². The highest BCUT2D eigenvalue weighted by atomic mass is 19.1. The van der Waals surface area contributed by atoms with Gasteiger partial charge in [-0.2, -0.15) is 5.10 Å². The molecule has 4 rings (SSSR count). The SMILES string of the molecule is C1CC1.C=N/C(=C\N1C=C(c2c(CC)c(F)c(NC(C)C)c3[nH]ncc23)N=CC1)NC=O. The molecule has 9 heteroatoms. The lowest BCUT2D eigenvalue weighted by atomic mass is 9.96. The summed E-state index contributed by atoms with van der Waals surface area (Å²) in [4.78, 5) is 20.8. The molecule has 170 valence electrons. The van der Waals surface area contributed by atoms with Crippen molar-refractivity contribution in [3.8, 4) is 0 Å². The Morgan fingerprint density at radius 1 is 1.41 bits per heavy atom. The third kappa shape index (κ3) is 5.40. The van der Waals surface area contributed by atoms with Crippen LogP contribution >= 0.6 is 0 Å². The number of H-pyrrole nitrogens is 1. The molecule has 1 amide bonds. The molecular formula is C23H30FN7O. The molecule has 1 aliphatic heterocycles. The summed E-state index contributed by atoms with van der Waals surface area (Å²) in [7, 11) is 0. The number of benzene rings is 1. The topological polar surface area (TPSA) is 97.8 Å². The summed E-state index contributed by atoms with van der Waals surface area (Å²) in [5.74, 6) is -0.00878. The van der Waals surface area contributed by atoms with E-state index in [-0.39, 0.29) is 11.9 Å².